The Morgan fingerprint density at radius 2 is 1.16 bits per heavy atom. The number of alkyl carbamates (subject to hydrolysis) is 1. The van der Waals surface area contributed by atoms with Crippen LogP contribution in [0.1, 0.15) is 33.4 Å². The number of rotatable bonds is 18. The Morgan fingerprint density at radius 1 is 0.632 bits per heavy atom. The maximum absolute atomic E-state index is 13.7. The van der Waals surface area contributed by atoms with Crippen LogP contribution < -0.4 is 15.8 Å². The molecule has 0 aromatic heterocycles. The summed E-state index contributed by atoms with van der Waals surface area (Å²) in [4.78, 5) is 39.7. The fourth-order valence-corrected chi connectivity index (χ4v) is 6.61. The van der Waals surface area contributed by atoms with Gasteiger partial charge in [0.2, 0.25) is 0 Å². The lowest BCUT2D eigenvalue weighted by Crippen LogP contribution is -2.44. The molecule has 5 aromatic carbocycles. The first-order valence-corrected chi connectivity index (χ1v) is 22.6. The molecule has 57 heavy (non-hydrogen) atoms. The number of nitrogens with one attached hydrogen (secondary N) is 1. The van der Waals surface area contributed by atoms with E-state index in [-0.39, 0.29) is 38.6 Å². The number of esters is 2. The third-order valence-corrected chi connectivity index (χ3v) is 11.0. The third-order valence-electron chi connectivity index (χ3n) is 9.26. The van der Waals surface area contributed by atoms with E-state index in [4.69, 9.17) is 24.7 Å². The standard InChI is InChI=1S/C46H52N2O7Si.ClH/c1-33-20-21-37(26-39(33)28-41(47)44(49)54-31-35-16-10-6-11-17-35)38-22-23-43(53-30-34-14-8-5-9-15-34)40(27-38)29-42(45(50)52-24-25-56(2,3)4)48-46(51)55-32-36-18-12-7-13-19-36;/h5-23,26-27,41-42H,24-25,28-32,47H2,1-4H3,(H,48,51);1H/t41-,42-;/m0./s1. The molecule has 3 N–H and O–H groups in total. The number of nitrogens with two attached hydrogens (primary N) is 1. The SMILES string of the molecule is Cc1ccc(-c2ccc(OCc3ccccc3)c(C[C@H](NC(=O)OCc3ccccc3)C(=O)OCC[Si](C)(C)C)c2)cc1C[C@H](N)C(=O)OCc1ccccc1.Cl. The maximum atomic E-state index is 13.7. The minimum atomic E-state index is -1.50. The molecule has 0 spiro atoms. The van der Waals surface area contributed by atoms with Crippen LogP contribution in [0.4, 0.5) is 4.79 Å². The summed E-state index contributed by atoms with van der Waals surface area (Å²) in [6.07, 6.45) is -0.356. The van der Waals surface area contributed by atoms with Crippen molar-refractivity contribution in [1.82, 2.24) is 5.32 Å². The molecular weight excluding hydrogens is 756 g/mol. The minimum absolute atomic E-state index is 0. The topological polar surface area (TPSA) is 126 Å². The van der Waals surface area contributed by atoms with Gasteiger partial charge in [0, 0.05) is 14.5 Å². The molecule has 0 heterocycles. The molecule has 0 fully saturated rings. The predicted molar refractivity (Wildman–Crippen MR) is 229 cm³/mol. The molecule has 0 saturated carbocycles. The lowest BCUT2D eigenvalue weighted by Gasteiger charge is -2.22. The van der Waals surface area contributed by atoms with E-state index in [0.717, 1.165) is 45.0 Å². The van der Waals surface area contributed by atoms with Crippen molar-refractivity contribution in [3.8, 4) is 16.9 Å². The van der Waals surface area contributed by atoms with E-state index in [1.807, 2.05) is 134 Å². The number of carbonyl (C=O) groups is 3. The Bertz CT molecular complexity index is 2040. The Morgan fingerprint density at radius 3 is 1.74 bits per heavy atom. The summed E-state index contributed by atoms with van der Waals surface area (Å²) in [5.41, 5.74) is 13.4. The molecule has 0 aliphatic rings. The molecule has 1 amide bonds. The largest absolute Gasteiger partial charge is 0.489 e. The summed E-state index contributed by atoms with van der Waals surface area (Å²) in [5, 5.41) is 2.78. The van der Waals surface area contributed by atoms with E-state index in [9.17, 15) is 14.4 Å². The van der Waals surface area contributed by atoms with Gasteiger partial charge in [-0.15, -0.1) is 12.4 Å². The van der Waals surface area contributed by atoms with Crippen molar-refractivity contribution in [2.75, 3.05) is 6.61 Å². The molecule has 300 valence electrons. The number of hydrogen-bond acceptors (Lipinski definition) is 8. The summed E-state index contributed by atoms with van der Waals surface area (Å²) < 4.78 is 23.1. The summed E-state index contributed by atoms with van der Waals surface area (Å²) in [7, 11) is -1.50. The van der Waals surface area contributed by atoms with Crippen molar-refractivity contribution in [3.63, 3.8) is 0 Å². The highest BCUT2D eigenvalue weighted by Gasteiger charge is 2.27. The first-order valence-electron chi connectivity index (χ1n) is 18.9. The Balaban J connectivity index is 0.00000720. The van der Waals surface area contributed by atoms with Crippen molar-refractivity contribution in [2.24, 2.45) is 5.73 Å². The first kappa shape index (κ1) is 44.3. The zero-order valence-electron chi connectivity index (χ0n) is 33.1. The molecular formula is C46H53ClN2O7Si. The van der Waals surface area contributed by atoms with Gasteiger partial charge in [0.25, 0.3) is 0 Å². The second-order valence-corrected chi connectivity index (χ2v) is 20.7. The summed E-state index contributed by atoms with van der Waals surface area (Å²) in [6.45, 7) is 9.38. The number of carbonyl (C=O) groups excluding carboxylic acids is 3. The maximum Gasteiger partial charge on any atom is 0.408 e. The molecule has 2 atom stereocenters. The van der Waals surface area contributed by atoms with Crippen molar-refractivity contribution in [2.45, 2.75) is 77.4 Å². The molecule has 0 aliphatic heterocycles. The monoisotopic (exact) mass is 808 g/mol. The first-order chi connectivity index (χ1) is 26.9. The Kier molecular flexibility index (Phi) is 16.9. The average molecular weight is 809 g/mol. The molecule has 5 rings (SSSR count). The van der Waals surface area contributed by atoms with Gasteiger partial charge in [-0.2, -0.15) is 0 Å². The van der Waals surface area contributed by atoms with Gasteiger partial charge in [-0.05, 0) is 76.0 Å². The van der Waals surface area contributed by atoms with E-state index in [1.165, 1.54) is 0 Å². The predicted octanol–water partition coefficient (Wildman–Crippen LogP) is 8.99. The molecule has 5 aromatic rings. The summed E-state index contributed by atoms with van der Waals surface area (Å²) in [5.74, 6) is -0.462. The lowest BCUT2D eigenvalue weighted by molar-refractivity contribution is -0.147. The van der Waals surface area contributed by atoms with Crippen LogP contribution in [-0.2, 0) is 56.5 Å². The van der Waals surface area contributed by atoms with Gasteiger partial charge < -0.3 is 30.0 Å². The highest BCUT2D eigenvalue weighted by atomic mass is 35.5. The van der Waals surface area contributed by atoms with Crippen molar-refractivity contribution >= 4 is 38.5 Å². The lowest BCUT2D eigenvalue weighted by atomic mass is 9.94. The van der Waals surface area contributed by atoms with Gasteiger partial charge in [-0.3, -0.25) is 4.79 Å². The zero-order chi connectivity index (χ0) is 39.9. The normalized spacial score (nSPS) is 12.0. The highest BCUT2D eigenvalue weighted by Crippen LogP contribution is 2.30. The Hall–Kier alpha value is -5.42. The van der Waals surface area contributed by atoms with Crippen LogP contribution >= 0.6 is 12.4 Å². The van der Waals surface area contributed by atoms with Crippen molar-refractivity contribution < 1.29 is 33.3 Å². The van der Waals surface area contributed by atoms with Crippen LogP contribution in [0.15, 0.2) is 127 Å². The number of amides is 1. The second-order valence-electron chi connectivity index (χ2n) is 15.1. The van der Waals surface area contributed by atoms with E-state index < -0.39 is 38.2 Å². The number of hydrogen-bond donors (Lipinski definition) is 2. The number of benzene rings is 5. The van der Waals surface area contributed by atoms with Gasteiger partial charge in [0.15, 0.2) is 0 Å². The quantitative estimate of drug-likeness (QED) is 0.0511. The Labute approximate surface area is 343 Å². The van der Waals surface area contributed by atoms with Crippen LogP contribution in [0.25, 0.3) is 11.1 Å². The van der Waals surface area contributed by atoms with E-state index >= 15 is 0 Å². The van der Waals surface area contributed by atoms with Gasteiger partial charge in [0.05, 0.1) is 6.61 Å². The molecule has 0 unspecified atom stereocenters. The molecule has 0 aliphatic carbocycles. The fraction of sp³-hybridized carbons (Fsp3) is 0.283. The van der Waals surface area contributed by atoms with Crippen LogP contribution in [-0.4, -0.2) is 44.8 Å². The molecule has 0 saturated heterocycles. The second kappa shape index (κ2) is 21.8. The van der Waals surface area contributed by atoms with Gasteiger partial charge in [-0.25, -0.2) is 9.59 Å². The van der Waals surface area contributed by atoms with Crippen LogP contribution in [0.5, 0.6) is 5.75 Å². The molecule has 0 bridgehead atoms. The smallest absolute Gasteiger partial charge is 0.408 e. The van der Waals surface area contributed by atoms with Crippen LogP contribution in [0, 0.1) is 6.92 Å². The van der Waals surface area contributed by atoms with E-state index in [0.29, 0.717) is 24.3 Å². The number of ether oxygens (including phenoxy) is 4. The van der Waals surface area contributed by atoms with Gasteiger partial charge in [0.1, 0.15) is 37.7 Å². The zero-order valence-corrected chi connectivity index (χ0v) is 34.9. The number of aryl methyl sites for hydroxylation is 1. The fourth-order valence-electron chi connectivity index (χ4n) is 5.90. The average Bonchev–Trinajstić information content (AvgIpc) is 3.19. The third kappa shape index (κ3) is 14.5. The summed E-state index contributed by atoms with van der Waals surface area (Å²) in [6, 6.07) is 39.3. The van der Waals surface area contributed by atoms with Crippen LogP contribution in [0.2, 0.25) is 25.7 Å². The number of halogens is 1. The van der Waals surface area contributed by atoms with Crippen LogP contribution in [0.3, 0.4) is 0 Å². The summed E-state index contributed by atoms with van der Waals surface area (Å²) >= 11 is 0. The molecule has 9 nitrogen and oxygen atoms in total. The van der Waals surface area contributed by atoms with Crippen molar-refractivity contribution in [1.29, 1.82) is 0 Å². The van der Waals surface area contributed by atoms with E-state index in [1.54, 1.807) is 0 Å². The molecule has 11 heteroatoms. The minimum Gasteiger partial charge on any atom is -0.489 e. The van der Waals surface area contributed by atoms with Crippen molar-refractivity contribution in [3.05, 3.63) is 161 Å². The molecule has 0 radical (unpaired) electrons. The van der Waals surface area contributed by atoms with Gasteiger partial charge in [-0.1, -0.05) is 135 Å². The highest BCUT2D eigenvalue weighted by molar-refractivity contribution is 6.76. The van der Waals surface area contributed by atoms with E-state index in [2.05, 4.69) is 25.0 Å². The van der Waals surface area contributed by atoms with Gasteiger partial charge >= 0.3 is 18.0 Å².